The summed E-state index contributed by atoms with van der Waals surface area (Å²) in [5.74, 6) is 0.105. The average molecular weight is 707 g/mol. The Hall–Kier alpha value is -4.91. The summed E-state index contributed by atoms with van der Waals surface area (Å²) < 4.78 is 18.2. The molecular formula is C38H54N6O7. The van der Waals surface area contributed by atoms with Gasteiger partial charge in [0.15, 0.2) is 5.82 Å². The van der Waals surface area contributed by atoms with Crippen molar-refractivity contribution in [3.8, 4) is 5.75 Å². The number of alkyl carbamates (subject to hydrolysis) is 1. The van der Waals surface area contributed by atoms with Crippen LogP contribution in [0.25, 0.3) is 0 Å². The molecule has 0 spiro atoms. The molecule has 1 saturated heterocycles. The predicted octanol–water partition coefficient (Wildman–Crippen LogP) is 5.32. The summed E-state index contributed by atoms with van der Waals surface area (Å²) in [4.78, 5) is 59.8. The second kappa shape index (κ2) is 17.8. The lowest BCUT2D eigenvalue weighted by molar-refractivity contribution is -0.135. The van der Waals surface area contributed by atoms with Crippen molar-refractivity contribution >= 4 is 29.6 Å². The van der Waals surface area contributed by atoms with Gasteiger partial charge < -0.3 is 39.6 Å². The number of methoxy groups -OCH3 is 1. The molecule has 2 atom stereocenters. The number of nitrogens with zero attached hydrogens (tertiary/aromatic N) is 3. The lowest BCUT2D eigenvalue weighted by atomic mass is 9.97. The molecule has 2 heterocycles. The fourth-order valence-corrected chi connectivity index (χ4v) is 5.39. The first-order valence-electron chi connectivity index (χ1n) is 16.9. The van der Waals surface area contributed by atoms with Crippen LogP contribution in [0.5, 0.6) is 5.75 Å². The summed E-state index contributed by atoms with van der Waals surface area (Å²) in [6, 6.07) is 14.8. The normalized spacial score (nSPS) is 14.8. The maximum Gasteiger partial charge on any atom is 0.408 e. The number of rotatable bonds is 13. The number of piperidine rings is 1. The summed E-state index contributed by atoms with van der Waals surface area (Å²) in [5, 5.41) is 8.04. The summed E-state index contributed by atoms with van der Waals surface area (Å²) in [7, 11) is 1.58. The molecule has 4 amide bonds. The van der Waals surface area contributed by atoms with Crippen LogP contribution in [0.1, 0.15) is 79.0 Å². The van der Waals surface area contributed by atoms with Gasteiger partial charge in [0.2, 0.25) is 11.8 Å². The van der Waals surface area contributed by atoms with Crippen LogP contribution in [-0.2, 0) is 30.5 Å². The van der Waals surface area contributed by atoms with E-state index in [-0.39, 0.29) is 32.4 Å². The third-order valence-electron chi connectivity index (χ3n) is 8.31. The van der Waals surface area contributed by atoms with E-state index >= 15 is 0 Å². The maximum absolute atomic E-state index is 14.0. The fraction of sp³-hybridized carbons (Fsp3) is 0.500. The van der Waals surface area contributed by atoms with Gasteiger partial charge in [-0.1, -0.05) is 56.8 Å². The molecule has 0 saturated carbocycles. The number of imidazole rings is 1. The zero-order chi connectivity index (χ0) is 36.5. The van der Waals surface area contributed by atoms with Crippen LogP contribution in [0.4, 0.5) is 10.6 Å². The molecule has 3 N–H and O–H groups in total. The van der Waals surface area contributed by atoms with Crippen LogP contribution < -0.4 is 20.7 Å². The molecule has 13 nitrogen and oxygen atoms in total. The van der Waals surface area contributed by atoms with Gasteiger partial charge >= 0.3 is 6.09 Å². The highest BCUT2D eigenvalue weighted by atomic mass is 16.6. The minimum absolute atomic E-state index is 0. The molecule has 278 valence electrons. The quantitative estimate of drug-likeness (QED) is 0.216. The second-order valence-electron chi connectivity index (χ2n) is 14.2. The van der Waals surface area contributed by atoms with Gasteiger partial charge in [-0.15, -0.1) is 0 Å². The molecule has 3 aromatic rings. The van der Waals surface area contributed by atoms with Gasteiger partial charge in [0.05, 0.1) is 26.7 Å². The maximum atomic E-state index is 14.0. The Bertz CT molecular complexity index is 1590. The Balaban J connectivity index is 0.00000702. The average Bonchev–Trinajstić information content (AvgIpc) is 3.51. The van der Waals surface area contributed by atoms with E-state index in [4.69, 9.17) is 14.2 Å². The number of carbonyl (C=O) groups is 4. The number of carbonyl (C=O) groups excluding carboxylic acids is 4. The molecule has 4 rings (SSSR count). The van der Waals surface area contributed by atoms with E-state index in [1.807, 2.05) is 47.4 Å². The van der Waals surface area contributed by atoms with Crippen LogP contribution in [-0.4, -0.2) is 82.3 Å². The van der Waals surface area contributed by atoms with Crippen molar-refractivity contribution in [1.29, 1.82) is 0 Å². The zero-order valence-electron chi connectivity index (χ0n) is 30.0. The Kier molecular flexibility index (Phi) is 14.2. The van der Waals surface area contributed by atoms with E-state index in [1.54, 1.807) is 50.8 Å². The number of nitrogens with one attached hydrogen (secondary N) is 3. The Morgan fingerprint density at radius 2 is 1.61 bits per heavy atom. The first-order chi connectivity index (χ1) is 23.6. The summed E-state index contributed by atoms with van der Waals surface area (Å²) in [5.41, 5.74) is -0.568. The smallest absolute Gasteiger partial charge is 0.408 e. The first-order valence-corrected chi connectivity index (χ1v) is 16.9. The van der Waals surface area contributed by atoms with Gasteiger partial charge in [-0.3, -0.25) is 14.4 Å². The molecule has 0 radical (unpaired) electrons. The molecule has 1 fully saturated rings. The molecular weight excluding hydrogens is 652 g/mol. The van der Waals surface area contributed by atoms with Crippen LogP contribution in [0.3, 0.4) is 0 Å². The topological polar surface area (TPSA) is 153 Å². The number of aromatic nitrogens is 2. The summed E-state index contributed by atoms with van der Waals surface area (Å²) in [6.45, 7) is 11.7. The van der Waals surface area contributed by atoms with Crippen molar-refractivity contribution in [2.45, 2.75) is 91.6 Å². The minimum atomic E-state index is -1.43. The van der Waals surface area contributed by atoms with Gasteiger partial charge in [-0.05, 0) is 76.6 Å². The Morgan fingerprint density at radius 3 is 2.22 bits per heavy atom. The first kappa shape index (κ1) is 40.5. The number of amides is 4. The molecule has 13 heteroatoms. The van der Waals surface area contributed by atoms with E-state index in [0.29, 0.717) is 24.8 Å². The van der Waals surface area contributed by atoms with E-state index in [1.165, 1.54) is 20.2 Å². The van der Waals surface area contributed by atoms with Crippen molar-refractivity contribution in [3.63, 3.8) is 0 Å². The SMILES string of the molecule is C.COc1ccc(C(C(=O)N2CCC(C)CC2)n2cnc(NC(=O)[C@@H](COCc3ccccc3)NC(=O)C(C)(C)NC(=O)OC(C)(C)C)c2)cc1. The highest BCUT2D eigenvalue weighted by Gasteiger charge is 2.35. The van der Waals surface area contributed by atoms with Gasteiger partial charge in [0.1, 0.15) is 29.0 Å². The Morgan fingerprint density at radius 1 is 0.961 bits per heavy atom. The van der Waals surface area contributed by atoms with Crippen LogP contribution in [0, 0.1) is 5.92 Å². The Labute approximate surface area is 301 Å². The van der Waals surface area contributed by atoms with E-state index in [2.05, 4.69) is 27.9 Å². The number of hydrogen-bond donors (Lipinski definition) is 3. The van der Waals surface area contributed by atoms with Crippen molar-refractivity contribution in [3.05, 3.63) is 78.2 Å². The van der Waals surface area contributed by atoms with Crippen molar-refractivity contribution in [1.82, 2.24) is 25.1 Å². The molecule has 0 bridgehead atoms. The molecule has 1 unspecified atom stereocenters. The van der Waals surface area contributed by atoms with E-state index in [0.717, 1.165) is 24.0 Å². The fourth-order valence-electron chi connectivity index (χ4n) is 5.39. The number of anilines is 1. The highest BCUT2D eigenvalue weighted by Crippen LogP contribution is 2.27. The van der Waals surface area contributed by atoms with Gasteiger partial charge in [-0.2, -0.15) is 0 Å². The van der Waals surface area contributed by atoms with Crippen molar-refractivity contribution in [2.75, 3.05) is 32.1 Å². The third-order valence-corrected chi connectivity index (χ3v) is 8.31. The molecule has 1 aliphatic rings. The minimum Gasteiger partial charge on any atom is -0.497 e. The van der Waals surface area contributed by atoms with Crippen LogP contribution in [0.15, 0.2) is 67.1 Å². The number of hydrogen-bond acceptors (Lipinski definition) is 8. The monoisotopic (exact) mass is 706 g/mol. The van der Waals surface area contributed by atoms with Gasteiger partial charge in [0.25, 0.3) is 5.91 Å². The lowest BCUT2D eigenvalue weighted by Crippen LogP contribution is -2.59. The van der Waals surface area contributed by atoms with Crippen molar-refractivity contribution in [2.24, 2.45) is 5.92 Å². The molecule has 1 aliphatic heterocycles. The van der Waals surface area contributed by atoms with Crippen LogP contribution in [0.2, 0.25) is 0 Å². The van der Waals surface area contributed by atoms with E-state index < -0.39 is 41.1 Å². The number of ether oxygens (including phenoxy) is 3. The summed E-state index contributed by atoms with van der Waals surface area (Å²) >= 11 is 0. The lowest BCUT2D eigenvalue weighted by Gasteiger charge is -2.33. The highest BCUT2D eigenvalue weighted by molar-refractivity contribution is 5.98. The second-order valence-corrected chi connectivity index (χ2v) is 14.2. The van der Waals surface area contributed by atoms with Crippen LogP contribution >= 0.6 is 0 Å². The number of likely N-dealkylation sites (tertiary alicyclic amines) is 1. The summed E-state index contributed by atoms with van der Waals surface area (Å²) in [6.07, 6.45) is 4.17. The van der Waals surface area contributed by atoms with Crippen molar-refractivity contribution < 1.29 is 33.4 Å². The molecule has 1 aromatic heterocycles. The number of benzene rings is 2. The molecule has 51 heavy (non-hydrogen) atoms. The third kappa shape index (κ3) is 11.8. The predicted molar refractivity (Wildman–Crippen MR) is 195 cm³/mol. The molecule has 0 aliphatic carbocycles. The standard InChI is InChI=1S/C37H50N6O7.CH4/c1-25-17-19-42(20-18-25)33(45)31(27-13-15-28(48-7)16-14-27)43-21-30(38-24-43)40-32(44)29(23-49-22-26-11-9-8-10-12-26)39-34(46)37(5,6)41-35(47)50-36(2,3)4;/h8-16,21,24-25,29,31H,17-20,22-23H2,1-7H3,(H,39,46)(H,40,44)(H,41,47);1H4/t29-,31?;/m1./s1. The zero-order valence-corrected chi connectivity index (χ0v) is 30.0. The van der Waals surface area contributed by atoms with Gasteiger partial charge in [0, 0.05) is 19.3 Å². The van der Waals surface area contributed by atoms with Gasteiger partial charge in [-0.25, -0.2) is 9.78 Å². The largest absolute Gasteiger partial charge is 0.497 e. The van der Waals surface area contributed by atoms with E-state index in [9.17, 15) is 19.2 Å². The molecule has 2 aromatic carbocycles.